The highest BCUT2D eigenvalue weighted by Gasteiger charge is 2.31. The standard InChI is InChI=1S/C13H19ClN2O4S2/c1-21(17,18)10-5-6-11(14)13(7-10)22(19,20)16-12-4-2-3-9(12)8-15/h5-7,9,12,16H,2-4,8,15H2,1H3/t9-,12+/m0/s1. The van der Waals surface area contributed by atoms with Gasteiger partial charge in [0.15, 0.2) is 9.84 Å². The average Bonchev–Trinajstić information content (AvgIpc) is 2.84. The van der Waals surface area contributed by atoms with Crippen molar-refractivity contribution in [1.82, 2.24) is 4.72 Å². The van der Waals surface area contributed by atoms with E-state index in [0.29, 0.717) is 13.0 Å². The molecule has 1 aromatic carbocycles. The van der Waals surface area contributed by atoms with E-state index in [4.69, 9.17) is 17.3 Å². The smallest absolute Gasteiger partial charge is 0.242 e. The number of nitrogens with one attached hydrogen (secondary N) is 1. The van der Waals surface area contributed by atoms with Gasteiger partial charge >= 0.3 is 0 Å². The molecule has 1 saturated carbocycles. The molecule has 1 aliphatic rings. The van der Waals surface area contributed by atoms with Gasteiger partial charge in [0.05, 0.1) is 9.92 Å². The topological polar surface area (TPSA) is 106 Å². The van der Waals surface area contributed by atoms with Gasteiger partial charge < -0.3 is 5.73 Å². The third-order valence-electron chi connectivity index (χ3n) is 3.89. The molecule has 1 aliphatic carbocycles. The van der Waals surface area contributed by atoms with Crippen molar-refractivity contribution in [2.45, 2.75) is 35.1 Å². The molecule has 0 aliphatic heterocycles. The summed E-state index contributed by atoms with van der Waals surface area (Å²) in [5, 5.41) is -0.0119. The van der Waals surface area contributed by atoms with E-state index >= 15 is 0 Å². The molecule has 3 N–H and O–H groups in total. The predicted molar refractivity (Wildman–Crippen MR) is 85.1 cm³/mol. The van der Waals surface area contributed by atoms with E-state index in [1.807, 2.05) is 0 Å². The largest absolute Gasteiger partial charge is 0.330 e. The van der Waals surface area contributed by atoms with E-state index in [1.165, 1.54) is 12.1 Å². The van der Waals surface area contributed by atoms with Crippen molar-refractivity contribution in [3.8, 4) is 0 Å². The van der Waals surface area contributed by atoms with Gasteiger partial charge in [-0.3, -0.25) is 0 Å². The van der Waals surface area contributed by atoms with Gasteiger partial charge in [-0.2, -0.15) is 0 Å². The molecule has 124 valence electrons. The van der Waals surface area contributed by atoms with Gasteiger partial charge in [0.2, 0.25) is 10.0 Å². The predicted octanol–water partition coefficient (Wildman–Crippen LogP) is 1.15. The van der Waals surface area contributed by atoms with Gasteiger partial charge in [0.1, 0.15) is 4.90 Å². The number of halogens is 1. The Morgan fingerprint density at radius 2 is 1.95 bits per heavy atom. The first-order chi connectivity index (χ1) is 10.1. The molecule has 2 rings (SSSR count). The maximum atomic E-state index is 12.5. The Morgan fingerprint density at radius 1 is 1.27 bits per heavy atom. The normalized spacial score (nSPS) is 22.9. The van der Waals surface area contributed by atoms with Crippen LogP contribution in [0.4, 0.5) is 0 Å². The molecule has 9 heteroatoms. The van der Waals surface area contributed by atoms with Crippen LogP contribution in [-0.2, 0) is 19.9 Å². The number of hydrogen-bond donors (Lipinski definition) is 2. The number of nitrogens with two attached hydrogens (primary N) is 1. The molecule has 0 spiro atoms. The highest BCUT2D eigenvalue weighted by molar-refractivity contribution is 7.91. The first-order valence-corrected chi connectivity index (χ1v) is 10.6. The molecule has 1 aromatic rings. The minimum Gasteiger partial charge on any atom is -0.330 e. The summed E-state index contributed by atoms with van der Waals surface area (Å²) in [6, 6.07) is 3.41. The van der Waals surface area contributed by atoms with Crippen LogP contribution in [0.2, 0.25) is 5.02 Å². The Kier molecular flexibility index (Phi) is 5.18. The Labute approximate surface area is 136 Å². The van der Waals surface area contributed by atoms with Crippen LogP contribution < -0.4 is 10.5 Å². The maximum absolute atomic E-state index is 12.5. The van der Waals surface area contributed by atoms with Gasteiger partial charge in [0.25, 0.3) is 0 Å². The lowest BCUT2D eigenvalue weighted by molar-refractivity contribution is 0.453. The van der Waals surface area contributed by atoms with Crippen LogP contribution in [0.3, 0.4) is 0 Å². The zero-order valence-corrected chi connectivity index (χ0v) is 14.5. The van der Waals surface area contributed by atoms with Crippen LogP contribution in [0.5, 0.6) is 0 Å². The summed E-state index contributed by atoms with van der Waals surface area (Å²) in [4.78, 5) is -0.307. The number of benzene rings is 1. The zero-order chi connectivity index (χ0) is 16.5. The number of sulfonamides is 1. The quantitative estimate of drug-likeness (QED) is 0.812. The lowest BCUT2D eigenvalue weighted by atomic mass is 10.1. The molecule has 0 bridgehead atoms. The average molecular weight is 367 g/mol. The van der Waals surface area contributed by atoms with Gasteiger partial charge in [0, 0.05) is 12.3 Å². The third-order valence-corrected chi connectivity index (χ3v) is 6.97. The van der Waals surface area contributed by atoms with Crippen molar-refractivity contribution in [2.24, 2.45) is 11.7 Å². The van der Waals surface area contributed by atoms with E-state index in [2.05, 4.69) is 4.72 Å². The van der Waals surface area contributed by atoms with Crippen LogP contribution >= 0.6 is 11.6 Å². The van der Waals surface area contributed by atoms with Crippen LogP contribution in [0.25, 0.3) is 0 Å². The molecular weight excluding hydrogens is 348 g/mol. The Morgan fingerprint density at radius 3 is 2.55 bits per heavy atom. The number of sulfone groups is 1. The summed E-state index contributed by atoms with van der Waals surface area (Å²) in [5.74, 6) is 0.0895. The van der Waals surface area contributed by atoms with E-state index in [-0.39, 0.29) is 26.8 Å². The molecule has 0 radical (unpaired) electrons. The van der Waals surface area contributed by atoms with E-state index in [0.717, 1.165) is 25.2 Å². The van der Waals surface area contributed by atoms with Gasteiger partial charge in [-0.05, 0) is 43.5 Å². The fourth-order valence-corrected chi connectivity index (χ4v) is 5.24. The minimum atomic E-state index is -3.90. The second-order valence-corrected chi connectivity index (χ2v) is 9.62. The molecular formula is C13H19ClN2O4S2. The third kappa shape index (κ3) is 3.80. The van der Waals surface area contributed by atoms with Crippen LogP contribution in [-0.4, -0.2) is 35.7 Å². The second kappa shape index (κ2) is 6.45. The molecule has 0 amide bonds. The van der Waals surface area contributed by atoms with Gasteiger partial charge in [-0.15, -0.1) is 0 Å². The van der Waals surface area contributed by atoms with Crippen LogP contribution in [0.1, 0.15) is 19.3 Å². The zero-order valence-electron chi connectivity index (χ0n) is 12.1. The van der Waals surface area contributed by atoms with Crippen LogP contribution in [0, 0.1) is 5.92 Å². The van der Waals surface area contributed by atoms with Crippen molar-refractivity contribution in [3.05, 3.63) is 23.2 Å². The summed E-state index contributed by atoms with van der Waals surface area (Å²) in [5.41, 5.74) is 5.65. The Hall–Kier alpha value is -0.670. The lowest BCUT2D eigenvalue weighted by Crippen LogP contribution is -2.39. The molecule has 6 nitrogen and oxygen atoms in total. The summed E-state index contributed by atoms with van der Waals surface area (Å²) in [7, 11) is -7.42. The Bertz CT molecular complexity index is 762. The van der Waals surface area contributed by atoms with Crippen molar-refractivity contribution in [2.75, 3.05) is 12.8 Å². The summed E-state index contributed by atoms with van der Waals surface area (Å²) < 4.78 is 50.8. The van der Waals surface area contributed by atoms with E-state index < -0.39 is 19.9 Å². The molecule has 0 heterocycles. The van der Waals surface area contributed by atoms with E-state index in [9.17, 15) is 16.8 Å². The highest BCUT2D eigenvalue weighted by Crippen LogP contribution is 2.29. The van der Waals surface area contributed by atoms with Gasteiger partial charge in [-0.1, -0.05) is 18.0 Å². The SMILES string of the molecule is CS(=O)(=O)c1ccc(Cl)c(S(=O)(=O)N[C@@H]2CCC[C@H]2CN)c1. The number of rotatable bonds is 5. The monoisotopic (exact) mass is 366 g/mol. The minimum absolute atomic E-state index is 0.0119. The molecule has 22 heavy (non-hydrogen) atoms. The first-order valence-electron chi connectivity index (χ1n) is 6.87. The molecule has 0 aromatic heterocycles. The van der Waals surface area contributed by atoms with Crippen molar-refractivity contribution in [3.63, 3.8) is 0 Å². The summed E-state index contributed by atoms with van der Waals surface area (Å²) in [6.07, 6.45) is 3.51. The molecule has 0 saturated heterocycles. The second-order valence-electron chi connectivity index (χ2n) is 5.52. The maximum Gasteiger partial charge on any atom is 0.242 e. The number of hydrogen-bond acceptors (Lipinski definition) is 5. The molecule has 2 atom stereocenters. The highest BCUT2D eigenvalue weighted by atomic mass is 35.5. The fourth-order valence-electron chi connectivity index (χ4n) is 2.66. The Balaban J connectivity index is 2.37. The molecule has 0 unspecified atom stereocenters. The summed E-state index contributed by atoms with van der Waals surface area (Å²) in [6.45, 7) is 0.407. The van der Waals surface area contributed by atoms with Crippen LogP contribution in [0.15, 0.2) is 28.0 Å². The fraction of sp³-hybridized carbons (Fsp3) is 0.538. The lowest BCUT2D eigenvalue weighted by Gasteiger charge is -2.20. The van der Waals surface area contributed by atoms with Crippen molar-refractivity contribution >= 4 is 31.5 Å². The van der Waals surface area contributed by atoms with Crippen molar-refractivity contribution < 1.29 is 16.8 Å². The summed E-state index contributed by atoms with van der Waals surface area (Å²) >= 11 is 5.95. The van der Waals surface area contributed by atoms with Crippen molar-refractivity contribution in [1.29, 1.82) is 0 Å². The van der Waals surface area contributed by atoms with Gasteiger partial charge in [-0.25, -0.2) is 21.6 Å². The van der Waals surface area contributed by atoms with E-state index in [1.54, 1.807) is 0 Å². The molecule has 1 fully saturated rings. The first kappa shape index (κ1) is 17.7.